The van der Waals surface area contributed by atoms with E-state index in [1.165, 1.54) is 34.0 Å². The van der Waals surface area contributed by atoms with Gasteiger partial charge in [0, 0.05) is 19.6 Å². The van der Waals surface area contributed by atoms with Gasteiger partial charge in [-0.1, -0.05) is 117 Å². The van der Waals surface area contributed by atoms with Crippen LogP contribution in [0.4, 0.5) is 0 Å². The molecule has 0 aliphatic carbocycles. The second-order valence-corrected chi connectivity index (χ2v) is 20.0. The molecule has 0 aromatic heterocycles. The first-order valence-corrected chi connectivity index (χ1v) is 26.1. The zero-order valence-corrected chi connectivity index (χ0v) is 40.6. The maximum atomic E-state index is 13.9. The van der Waals surface area contributed by atoms with Crippen molar-refractivity contribution in [1.82, 2.24) is 14.7 Å². The summed E-state index contributed by atoms with van der Waals surface area (Å²) in [4.78, 5) is 87.4. The average molecular weight is 922 g/mol. The van der Waals surface area contributed by atoms with E-state index in [-0.39, 0.29) is 35.4 Å². The van der Waals surface area contributed by atoms with Gasteiger partial charge in [0.1, 0.15) is 0 Å². The van der Waals surface area contributed by atoms with Crippen LogP contribution in [0.3, 0.4) is 0 Å². The summed E-state index contributed by atoms with van der Waals surface area (Å²) in [6.45, 7) is 7.75. The molecule has 0 saturated carbocycles. The summed E-state index contributed by atoms with van der Waals surface area (Å²) in [5, 5.41) is 10.6. The summed E-state index contributed by atoms with van der Waals surface area (Å²) in [5.74, 6) is -1.52. The number of rotatable bonds is 21. The van der Waals surface area contributed by atoms with E-state index in [1.54, 1.807) is 0 Å². The van der Waals surface area contributed by atoms with E-state index < -0.39 is 0 Å². The number of nitrogens with zero attached hydrogens (tertiary/aromatic N) is 3. The van der Waals surface area contributed by atoms with Gasteiger partial charge in [0.15, 0.2) is 0 Å². The molecule has 3 aliphatic rings. The lowest BCUT2D eigenvalue weighted by atomic mass is 9.88. The second-order valence-electron chi connectivity index (χ2n) is 20.0. The van der Waals surface area contributed by atoms with Gasteiger partial charge in [-0.25, -0.2) is 0 Å². The minimum Gasteiger partial charge on any atom is -0.274 e. The Morgan fingerprint density at radius 3 is 0.609 bits per heavy atom. The molecule has 0 saturated heterocycles. The van der Waals surface area contributed by atoms with E-state index in [1.807, 2.05) is 36.4 Å². The monoisotopic (exact) mass is 921 g/mol. The van der Waals surface area contributed by atoms with Crippen molar-refractivity contribution in [1.29, 1.82) is 0 Å². The largest absolute Gasteiger partial charge is 0.274 e. The Balaban J connectivity index is 1.09. The standard InChI is InChI=1S/C60H63N3O6/c1-4-7-10-13-16-19-22-61-55(64)49-31-37-25-43-44(26-38(37)32-50(49)56(61)65)46-28-40-34-52-54(60(69)63(58(52)67)24-21-18-15-12-9-6-3)36-42(40)30-48(46)47-29-41-35-53-51(33-39(41)27-45(43)47)57(66)62(59(53)68)23-20-17-14-11-8-5-2/h25-36H,4-24H2,1-3H3. The zero-order valence-electron chi connectivity index (χ0n) is 40.6. The highest BCUT2D eigenvalue weighted by Crippen LogP contribution is 2.43. The third-order valence-electron chi connectivity index (χ3n) is 15.3. The van der Waals surface area contributed by atoms with Crippen molar-refractivity contribution < 1.29 is 28.8 Å². The van der Waals surface area contributed by atoms with E-state index in [2.05, 4.69) is 57.2 Å². The quantitative estimate of drug-likeness (QED) is 0.0307. The maximum Gasteiger partial charge on any atom is 0.261 e. The third-order valence-corrected chi connectivity index (χ3v) is 15.3. The fourth-order valence-electron chi connectivity index (χ4n) is 11.4. The van der Waals surface area contributed by atoms with Crippen molar-refractivity contribution in [2.24, 2.45) is 0 Å². The molecule has 69 heavy (non-hydrogen) atoms. The van der Waals surface area contributed by atoms with Crippen molar-refractivity contribution in [3.63, 3.8) is 0 Å². The molecular weight excluding hydrogens is 859 g/mol. The van der Waals surface area contributed by atoms with E-state index in [0.717, 1.165) is 161 Å². The molecule has 0 N–H and O–H groups in total. The third kappa shape index (κ3) is 8.35. The first kappa shape index (κ1) is 46.3. The Labute approximate surface area is 404 Å². The Bertz CT molecular complexity index is 2730. The summed E-state index contributed by atoms with van der Waals surface area (Å²) in [6.07, 6.45) is 19.0. The van der Waals surface area contributed by atoms with E-state index in [0.29, 0.717) is 53.0 Å². The van der Waals surface area contributed by atoms with Crippen molar-refractivity contribution in [2.75, 3.05) is 19.6 Å². The van der Waals surface area contributed by atoms with Crippen molar-refractivity contribution in [3.05, 3.63) is 106 Å². The minimum absolute atomic E-state index is 0.254. The number of unbranched alkanes of at least 4 members (excludes halogenated alkanes) is 15. The van der Waals surface area contributed by atoms with Crippen molar-refractivity contribution in [3.8, 4) is 0 Å². The summed E-state index contributed by atoms with van der Waals surface area (Å²) >= 11 is 0. The Morgan fingerprint density at radius 2 is 0.420 bits per heavy atom. The molecule has 3 aliphatic heterocycles. The van der Waals surface area contributed by atoms with E-state index in [4.69, 9.17) is 0 Å². The Hall–Kier alpha value is -6.48. The van der Waals surface area contributed by atoms with E-state index >= 15 is 0 Å². The van der Waals surface area contributed by atoms with Crippen LogP contribution in [-0.4, -0.2) is 69.8 Å². The molecule has 0 unspecified atom stereocenters. The molecule has 7 aromatic rings. The number of carbonyl (C=O) groups is 6. The van der Waals surface area contributed by atoms with Gasteiger partial charge >= 0.3 is 0 Å². The molecule has 3 heterocycles. The van der Waals surface area contributed by atoms with Gasteiger partial charge in [-0.3, -0.25) is 43.5 Å². The molecule has 9 nitrogen and oxygen atoms in total. The number of imide groups is 3. The molecule has 9 heteroatoms. The summed E-state index contributed by atoms with van der Waals surface area (Å²) in [7, 11) is 0. The first-order valence-electron chi connectivity index (χ1n) is 26.1. The van der Waals surface area contributed by atoms with Crippen LogP contribution >= 0.6 is 0 Å². The molecule has 0 spiro atoms. The highest BCUT2D eigenvalue weighted by molar-refractivity contribution is 6.33. The first-order chi connectivity index (χ1) is 33.6. The van der Waals surface area contributed by atoms with Crippen LogP contribution in [0.5, 0.6) is 0 Å². The van der Waals surface area contributed by atoms with Gasteiger partial charge in [-0.2, -0.15) is 0 Å². The predicted octanol–water partition coefficient (Wildman–Crippen LogP) is 14.5. The normalized spacial score (nSPS) is 14.7. The topological polar surface area (TPSA) is 112 Å². The van der Waals surface area contributed by atoms with Gasteiger partial charge in [-0.15, -0.1) is 0 Å². The Morgan fingerprint density at radius 1 is 0.246 bits per heavy atom. The van der Waals surface area contributed by atoms with Gasteiger partial charge in [0.25, 0.3) is 35.4 Å². The molecular formula is C60H63N3O6. The van der Waals surface area contributed by atoms with Crippen LogP contribution < -0.4 is 0 Å². The van der Waals surface area contributed by atoms with Crippen LogP contribution in [0, 0.1) is 0 Å². The van der Waals surface area contributed by atoms with Gasteiger partial charge in [-0.05, 0) is 157 Å². The number of hydrogen-bond acceptors (Lipinski definition) is 6. The van der Waals surface area contributed by atoms with Crippen molar-refractivity contribution in [2.45, 2.75) is 136 Å². The summed E-state index contributed by atoms with van der Waals surface area (Å²) < 4.78 is 0. The smallest absolute Gasteiger partial charge is 0.261 e. The fourth-order valence-corrected chi connectivity index (χ4v) is 11.4. The summed E-state index contributed by atoms with van der Waals surface area (Å²) in [5.41, 5.74) is 2.51. The lowest BCUT2D eigenvalue weighted by Crippen LogP contribution is -2.30. The summed E-state index contributed by atoms with van der Waals surface area (Å²) in [6, 6.07) is 23.8. The fraction of sp³-hybridized carbons (Fsp3) is 0.400. The Kier molecular flexibility index (Phi) is 13.1. The number of hydrogen-bond donors (Lipinski definition) is 0. The zero-order chi connectivity index (χ0) is 47.9. The SMILES string of the molecule is CCCCCCCCN1C(=O)c2cc3cc4c5cc6cc7c(cc6cc5c5cc6cc8c(cc6cc5c4cc3cc2C1=O)C(=O)N(CCCCCCCC)C8=O)C(=O)N(CCCCCCCC)C7=O. The average Bonchev–Trinajstić information content (AvgIpc) is 3.83. The van der Waals surface area contributed by atoms with Gasteiger partial charge < -0.3 is 0 Å². The van der Waals surface area contributed by atoms with Gasteiger partial charge in [0.05, 0.1) is 33.4 Å². The lowest BCUT2D eigenvalue weighted by Gasteiger charge is -2.15. The molecule has 6 amide bonds. The molecule has 0 fully saturated rings. The van der Waals surface area contributed by atoms with Crippen LogP contribution in [-0.2, 0) is 0 Å². The molecule has 354 valence electrons. The molecule has 0 bridgehead atoms. The molecule has 10 rings (SSSR count). The minimum atomic E-state index is -0.254. The lowest BCUT2D eigenvalue weighted by molar-refractivity contribution is 0.0636. The molecule has 0 radical (unpaired) electrons. The molecule has 0 atom stereocenters. The van der Waals surface area contributed by atoms with Crippen LogP contribution in [0.1, 0.15) is 198 Å². The number of fused-ring (bicyclic) bond motifs is 12. The van der Waals surface area contributed by atoms with Crippen LogP contribution in [0.2, 0.25) is 0 Å². The van der Waals surface area contributed by atoms with Crippen LogP contribution in [0.25, 0.3) is 64.6 Å². The predicted molar refractivity (Wildman–Crippen MR) is 278 cm³/mol. The van der Waals surface area contributed by atoms with Crippen LogP contribution in [0.15, 0.2) is 72.8 Å². The number of carbonyl (C=O) groups excluding carboxylic acids is 6. The van der Waals surface area contributed by atoms with Gasteiger partial charge in [0.2, 0.25) is 0 Å². The second kappa shape index (κ2) is 19.5. The number of benzene rings is 7. The number of amides is 6. The highest BCUT2D eigenvalue weighted by Gasteiger charge is 2.38. The molecule has 7 aromatic carbocycles. The maximum absolute atomic E-state index is 13.9. The van der Waals surface area contributed by atoms with Crippen molar-refractivity contribution >= 4 is 100 Å². The van der Waals surface area contributed by atoms with E-state index in [9.17, 15) is 28.8 Å². The highest BCUT2D eigenvalue weighted by atomic mass is 16.2.